The maximum atomic E-state index is 12.7. The summed E-state index contributed by atoms with van der Waals surface area (Å²) in [5.41, 5.74) is 1.55. The molecule has 2 aromatic carbocycles. The van der Waals surface area contributed by atoms with Gasteiger partial charge in [0.25, 0.3) is 5.91 Å². The molecule has 1 aliphatic heterocycles. The van der Waals surface area contributed by atoms with Crippen LogP contribution in [0.25, 0.3) is 0 Å². The van der Waals surface area contributed by atoms with Crippen LogP contribution in [0.3, 0.4) is 0 Å². The average Bonchev–Trinajstić information content (AvgIpc) is 2.74. The van der Waals surface area contributed by atoms with Crippen molar-refractivity contribution in [1.29, 1.82) is 0 Å². The van der Waals surface area contributed by atoms with E-state index in [4.69, 9.17) is 11.6 Å². The molecule has 30 heavy (non-hydrogen) atoms. The van der Waals surface area contributed by atoms with Crippen molar-refractivity contribution in [2.24, 2.45) is 0 Å². The molecule has 0 atom stereocenters. The number of piperazine rings is 1. The third-order valence-corrected chi connectivity index (χ3v) is 7.11. The maximum absolute atomic E-state index is 12.7. The summed E-state index contributed by atoms with van der Waals surface area (Å²) < 4.78 is 26.8. The van der Waals surface area contributed by atoms with Gasteiger partial charge in [0, 0.05) is 49.7 Å². The van der Waals surface area contributed by atoms with Crippen LogP contribution >= 0.6 is 11.6 Å². The number of carbonyl (C=O) groups is 2. The molecule has 160 valence electrons. The number of sulfonamides is 1. The minimum atomic E-state index is -3.61. The SMILES string of the molecule is Cc1cccc(C(=O)NCCC(=O)N2CCN(S(=O)(=O)c3ccc(Cl)cc3)CC2)c1. The Hall–Kier alpha value is -2.42. The Morgan fingerprint density at radius 2 is 1.70 bits per heavy atom. The highest BCUT2D eigenvalue weighted by Crippen LogP contribution is 2.20. The number of aryl methyl sites for hydroxylation is 1. The van der Waals surface area contributed by atoms with Crippen molar-refractivity contribution < 1.29 is 18.0 Å². The van der Waals surface area contributed by atoms with Gasteiger partial charge >= 0.3 is 0 Å². The van der Waals surface area contributed by atoms with Crippen molar-refractivity contribution in [1.82, 2.24) is 14.5 Å². The average molecular weight is 450 g/mol. The normalized spacial score (nSPS) is 15.1. The van der Waals surface area contributed by atoms with Crippen LogP contribution in [0.2, 0.25) is 5.02 Å². The molecule has 0 bridgehead atoms. The predicted octanol–water partition coefficient (Wildman–Crippen LogP) is 2.30. The summed E-state index contributed by atoms with van der Waals surface area (Å²) in [6.07, 6.45) is 0.168. The van der Waals surface area contributed by atoms with E-state index in [1.165, 1.54) is 16.4 Å². The van der Waals surface area contributed by atoms with Gasteiger partial charge in [-0.1, -0.05) is 29.3 Å². The van der Waals surface area contributed by atoms with Crippen molar-refractivity contribution in [2.45, 2.75) is 18.2 Å². The van der Waals surface area contributed by atoms with E-state index in [-0.39, 0.29) is 42.8 Å². The van der Waals surface area contributed by atoms with Gasteiger partial charge in [0.15, 0.2) is 0 Å². The number of amides is 2. The molecule has 0 unspecified atom stereocenters. The molecule has 1 heterocycles. The second-order valence-corrected chi connectivity index (χ2v) is 9.49. The largest absolute Gasteiger partial charge is 0.352 e. The van der Waals surface area contributed by atoms with Crippen molar-refractivity contribution in [3.8, 4) is 0 Å². The Morgan fingerprint density at radius 3 is 2.33 bits per heavy atom. The number of halogens is 1. The lowest BCUT2D eigenvalue weighted by Gasteiger charge is -2.34. The van der Waals surface area contributed by atoms with E-state index < -0.39 is 10.0 Å². The highest BCUT2D eigenvalue weighted by molar-refractivity contribution is 7.89. The number of rotatable bonds is 6. The van der Waals surface area contributed by atoms with E-state index in [0.717, 1.165) is 5.56 Å². The number of carbonyl (C=O) groups excluding carboxylic acids is 2. The third-order valence-electron chi connectivity index (χ3n) is 4.95. The first-order valence-electron chi connectivity index (χ1n) is 9.66. The van der Waals surface area contributed by atoms with Gasteiger partial charge in [-0.05, 0) is 43.3 Å². The molecular formula is C21H24ClN3O4S. The Morgan fingerprint density at radius 1 is 1.03 bits per heavy atom. The number of nitrogens with one attached hydrogen (secondary N) is 1. The van der Waals surface area contributed by atoms with Gasteiger partial charge < -0.3 is 10.2 Å². The van der Waals surface area contributed by atoms with Crippen LogP contribution in [0.15, 0.2) is 53.4 Å². The van der Waals surface area contributed by atoms with Crippen molar-refractivity contribution in [3.05, 3.63) is 64.7 Å². The van der Waals surface area contributed by atoms with Crippen LogP contribution in [0.5, 0.6) is 0 Å². The number of hydrogen-bond donors (Lipinski definition) is 1. The van der Waals surface area contributed by atoms with Crippen molar-refractivity contribution >= 4 is 33.4 Å². The minimum Gasteiger partial charge on any atom is -0.352 e. The fourth-order valence-corrected chi connectivity index (χ4v) is 4.81. The topological polar surface area (TPSA) is 86.8 Å². The zero-order valence-electron chi connectivity index (χ0n) is 16.7. The summed E-state index contributed by atoms with van der Waals surface area (Å²) in [6, 6.07) is 13.3. The first-order chi connectivity index (χ1) is 14.3. The Labute approximate surface area is 181 Å². The molecule has 1 N–H and O–H groups in total. The molecule has 0 spiro atoms. The Balaban J connectivity index is 1.47. The molecule has 0 saturated carbocycles. The lowest BCUT2D eigenvalue weighted by molar-refractivity contribution is -0.132. The smallest absolute Gasteiger partial charge is 0.251 e. The van der Waals surface area contributed by atoms with Gasteiger partial charge in [-0.25, -0.2) is 8.42 Å². The number of hydrogen-bond acceptors (Lipinski definition) is 4. The second kappa shape index (κ2) is 9.59. The molecule has 1 aliphatic rings. The van der Waals surface area contributed by atoms with Gasteiger partial charge in [-0.2, -0.15) is 4.31 Å². The highest BCUT2D eigenvalue weighted by Gasteiger charge is 2.29. The van der Waals surface area contributed by atoms with E-state index in [0.29, 0.717) is 23.7 Å². The number of nitrogens with zero attached hydrogens (tertiary/aromatic N) is 2. The molecule has 0 aliphatic carbocycles. The van der Waals surface area contributed by atoms with Gasteiger partial charge in [0.1, 0.15) is 0 Å². The zero-order chi connectivity index (χ0) is 21.7. The molecule has 2 amide bonds. The fourth-order valence-electron chi connectivity index (χ4n) is 3.26. The van der Waals surface area contributed by atoms with E-state index >= 15 is 0 Å². The third kappa shape index (κ3) is 5.38. The van der Waals surface area contributed by atoms with Gasteiger partial charge in [-0.3, -0.25) is 9.59 Å². The lowest BCUT2D eigenvalue weighted by atomic mass is 10.1. The molecule has 1 saturated heterocycles. The van der Waals surface area contributed by atoms with Crippen LogP contribution < -0.4 is 5.32 Å². The summed E-state index contributed by atoms with van der Waals surface area (Å²) in [5, 5.41) is 3.22. The lowest BCUT2D eigenvalue weighted by Crippen LogP contribution is -2.50. The molecule has 3 rings (SSSR count). The Kier molecular flexibility index (Phi) is 7.12. The zero-order valence-corrected chi connectivity index (χ0v) is 18.2. The highest BCUT2D eigenvalue weighted by atomic mass is 35.5. The van der Waals surface area contributed by atoms with Crippen LogP contribution in [0.1, 0.15) is 22.3 Å². The molecule has 9 heteroatoms. The first kappa shape index (κ1) is 22.3. The molecule has 7 nitrogen and oxygen atoms in total. The minimum absolute atomic E-state index is 0.108. The van der Waals surface area contributed by atoms with Crippen LogP contribution in [0, 0.1) is 6.92 Å². The summed E-state index contributed by atoms with van der Waals surface area (Å²) in [7, 11) is -3.61. The number of benzene rings is 2. The molecule has 1 fully saturated rings. The van der Waals surface area contributed by atoms with Crippen LogP contribution in [-0.2, 0) is 14.8 Å². The molecule has 2 aromatic rings. The molecule has 0 aromatic heterocycles. The quantitative estimate of drug-likeness (QED) is 0.733. The summed E-state index contributed by atoms with van der Waals surface area (Å²) in [6.45, 7) is 3.23. The molecule has 0 radical (unpaired) electrons. The van der Waals surface area contributed by atoms with E-state index in [2.05, 4.69) is 5.32 Å². The monoisotopic (exact) mass is 449 g/mol. The van der Waals surface area contributed by atoms with Crippen LogP contribution in [0.4, 0.5) is 0 Å². The first-order valence-corrected chi connectivity index (χ1v) is 11.5. The molecular weight excluding hydrogens is 426 g/mol. The van der Waals surface area contributed by atoms with E-state index in [9.17, 15) is 18.0 Å². The van der Waals surface area contributed by atoms with Gasteiger partial charge in [0.2, 0.25) is 15.9 Å². The fraction of sp³-hybridized carbons (Fsp3) is 0.333. The van der Waals surface area contributed by atoms with Gasteiger partial charge in [-0.15, -0.1) is 0 Å². The standard InChI is InChI=1S/C21H24ClN3O4S/c1-16-3-2-4-17(15-16)21(27)23-10-9-20(26)24-11-13-25(14-12-24)30(28,29)19-7-5-18(22)6-8-19/h2-8,15H,9-14H2,1H3,(H,23,27). The summed E-state index contributed by atoms with van der Waals surface area (Å²) >= 11 is 5.83. The summed E-state index contributed by atoms with van der Waals surface area (Å²) in [5.74, 6) is -0.325. The van der Waals surface area contributed by atoms with Crippen molar-refractivity contribution in [2.75, 3.05) is 32.7 Å². The van der Waals surface area contributed by atoms with Gasteiger partial charge in [0.05, 0.1) is 4.90 Å². The maximum Gasteiger partial charge on any atom is 0.251 e. The van der Waals surface area contributed by atoms with E-state index in [1.54, 1.807) is 29.2 Å². The summed E-state index contributed by atoms with van der Waals surface area (Å²) in [4.78, 5) is 26.4. The second-order valence-electron chi connectivity index (χ2n) is 7.11. The van der Waals surface area contributed by atoms with Crippen LogP contribution in [-0.4, -0.2) is 62.2 Å². The Bertz CT molecular complexity index is 1020. The van der Waals surface area contributed by atoms with Crippen molar-refractivity contribution in [3.63, 3.8) is 0 Å². The van der Waals surface area contributed by atoms with E-state index in [1.807, 2.05) is 19.1 Å². The predicted molar refractivity (Wildman–Crippen MR) is 115 cm³/mol.